The number of hydrogen-bond acceptors (Lipinski definition) is 13. The molecule has 0 atom stereocenters. The Morgan fingerprint density at radius 3 is 1.58 bits per heavy atom. The zero-order valence-electron chi connectivity index (χ0n) is 39.5. The van der Waals surface area contributed by atoms with Crippen LogP contribution in [-0.2, 0) is 25.5 Å². The average molecular weight is 913 g/mol. The molecule has 354 valence electrons. The van der Waals surface area contributed by atoms with E-state index in [0.29, 0.717) is 35.5 Å². The van der Waals surface area contributed by atoms with Gasteiger partial charge < -0.3 is 34.5 Å². The molecule has 0 spiro atoms. The largest absolute Gasteiger partial charge is 0.444 e. The number of aromatic nitrogens is 2. The van der Waals surface area contributed by atoms with Crippen LogP contribution >= 0.6 is 0 Å². The number of alkyl carbamates (subject to hydrolysis) is 3. The molecule has 6 amide bonds. The lowest BCUT2D eigenvalue weighted by Gasteiger charge is -2.30. The minimum absolute atomic E-state index is 0.0132. The standard InChI is InChI=1S/C46H60N10O10/c1-43(2,3)63-39(59)52-37(53-40(60)64-44(4,5)6)49-25-28-13-19-32(20-14-28)50-35(57)30-15-17-31(18-16-30)36(58)51-34-27-47-33(26-48-34)29-21-23-56(24-22-29)38(54-41(61)65-45(7,8)9)55-42(62)66-46(10,11)12/h13-21,26-27H,22-25H2,1-12H3,(H,50,57)(H,48,51,58)(H,54,55,61,62)(H2,49,52,53,59,60). The van der Waals surface area contributed by atoms with Crippen LogP contribution in [0.5, 0.6) is 0 Å². The number of ether oxygens (including phenoxy) is 4. The Morgan fingerprint density at radius 1 is 0.621 bits per heavy atom. The van der Waals surface area contributed by atoms with Gasteiger partial charge in [-0.1, -0.05) is 18.2 Å². The second-order valence-corrected chi connectivity index (χ2v) is 18.9. The van der Waals surface area contributed by atoms with Crippen molar-refractivity contribution in [2.24, 2.45) is 9.98 Å². The van der Waals surface area contributed by atoms with E-state index in [9.17, 15) is 28.8 Å². The molecule has 3 aromatic rings. The molecule has 20 heteroatoms. The first-order valence-corrected chi connectivity index (χ1v) is 21.0. The molecule has 20 nitrogen and oxygen atoms in total. The fourth-order valence-corrected chi connectivity index (χ4v) is 5.54. The van der Waals surface area contributed by atoms with Crippen LogP contribution in [0.25, 0.3) is 5.57 Å². The van der Waals surface area contributed by atoms with Gasteiger partial charge >= 0.3 is 24.4 Å². The predicted octanol–water partition coefficient (Wildman–Crippen LogP) is 7.79. The van der Waals surface area contributed by atoms with E-state index >= 15 is 0 Å². The fraction of sp³-hybridized carbons (Fsp3) is 0.435. The van der Waals surface area contributed by atoms with Gasteiger partial charge in [0, 0.05) is 29.9 Å². The van der Waals surface area contributed by atoms with Crippen LogP contribution in [0.4, 0.5) is 30.7 Å². The van der Waals surface area contributed by atoms with E-state index in [1.807, 2.05) is 6.08 Å². The number of guanidine groups is 2. The van der Waals surface area contributed by atoms with Crippen molar-refractivity contribution in [2.75, 3.05) is 23.7 Å². The first-order valence-electron chi connectivity index (χ1n) is 21.0. The van der Waals surface area contributed by atoms with E-state index in [0.717, 1.165) is 5.57 Å². The average Bonchev–Trinajstić information content (AvgIpc) is 3.18. The maximum atomic E-state index is 13.1. The van der Waals surface area contributed by atoms with Crippen LogP contribution < -0.4 is 26.6 Å². The van der Waals surface area contributed by atoms with Crippen molar-refractivity contribution < 1.29 is 47.7 Å². The summed E-state index contributed by atoms with van der Waals surface area (Å²) in [4.78, 5) is 95.0. The molecule has 2 aromatic carbocycles. The predicted molar refractivity (Wildman–Crippen MR) is 248 cm³/mol. The minimum Gasteiger partial charge on any atom is -0.444 e. The Labute approximate surface area is 384 Å². The molecule has 1 aromatic heterocycles. The first-order chi connectivity index (χ1) is 30.6. The molecule has 1 aliphatic rings. The van der Waals surface area contributed by atoms with Crippen molar-refractivity contribution >= 4 is 65.2 Å². The van der Waals surface area contributed by atoms with Gasteiger partial charge in [0.25, 0.3) is 11.8 Å². The molecule has 1 aliphatic heterocycles. The fourth-order valence-electron chi connectivity index (χ4n) is 5.54. The lowest BCUT2D eigenvalue weighted by molar-refractivity contribution is 0.0528. The van der Waals surface area contributed by atoms with Crippen molar-refractivity contribution in [3.05, 3.63) is 89.4 Å². The summed E-state index contributed by atoms with van der Waals surface area (Å²) in [6.07, 6.45) is 2.05. The lowest BCUT2D eigenvalue weighted by Crippen LogP contribution is -2.48. The molecular formula is C46H60N10O10. The van der Waals surface area contributed by atoms with Crippen LogP contribution in [0.1, 0.15) is 121 Å². The maximum Gasteiger partial charge on any atom is 0.437 e. The van der Waals surface area contributed by atoms with E-state index in [1.54, 1.807) is 112 Å². The van der Waals surface area contributed by atoms with Crippen molar-refractivity contribution in [2.45, 2.75) is 118 Å². The Balaban J connectivity index is 1.32. The Kier molecular flexibility index (Phi) is 16.7. The zero-order valence-corrected chi connectivity index (χ0v) is 39.5. The molecule has 0 aliphatic carbocycles. The van der Waals surface area contributed by atoms with Crippen molar-refractivity contribution in [3.8, 4) is 0 Å². The summed E-state index contributed by atoms with van der Waals surface area (Å²) in [6.45, 7) is 21.2. The molecule has 66 heavy (non-hydrogen) atoms. The van der Waals surface area contributed by atoms with Gasteiger partial charge in [0.1, 0.15) is 22.4 Å². The highest BCUT2D eigenvalue weighted by molar-refractivity contribution is 6.07. The number of amides is 6. The highest BCUT2D eigenvalue weighted by atomic mass is 16.6. The number of nitrogens with zero attached hydrogens (tertiary/aromatic N) is 5. The monoisotopic (exact) mass is 912 g/mol. The Morgan fingerprint density at radius 2 is 1.12 bits per heavy atom. The molecule has 0 bridgehead atoms. The van der Waals surface area contributed by atoms with Gasteiger partial charge in [-0.3, -0.25) is 30.5 Å². The molecule has 0 radical (unpaired) electrons. The summed E-state index contributed by atoms with van der Waals surface area (Å²) in [5, 5.41) is 13.0. The maximum absolute atomic E-state index is 13.1. The van der Waals surface area contributed by atoms with E-state index in [2.05, 4.69) is 46.5 Å². The Hall–Kier alpha value is -7.38. The number of benzene rings is 2. The van der Waals surface area contributed by atoms with Gasteiger partial charge in [-0.2, -0.15) is 0 Å². The molecular weight excluding hydrogens is 853 g/mol. The zero-order chi connectivity index (χ0) is 49.0. The third-order valence-corrected chi connectivity index (χ3v) is 8.21. The van der Waals surface area contributed by atoms with E-state index in [1.165, 1.54) is 36.7 Å². The quantitative estimate of drug-likeness (QED) is 0.0863. The van der Waals surface area contributed by atoms with Crippen LogP contribution in [0.3, 0.4) is 0 Å². The number of nitrogens with one attached hydrogen (secondary N) is 5. The second-order valence-electron chi connectivity index (χ2n) is 18.9. The van der Waals surface area contributed by atoms with Gasteiger partial charge in [0.15, 0.2) is 5.82 Å². The minimum atomic E-state index is -0.863. The number of aliphatic imine (C=N–C) groups is 2. The van der Waals surface area contributed by atoms with Crippen molar-refractivity contribution in [1.29, 1.82) is 0 Å². The Bertz CT molecular complexity index is 2300. The number of hydrogen-bond donors (Lipinski definition) is 5. The second kappa shape index (κ2) is 21.5. The highest BCUT2D eigenvalue weighted by Crippen LogP contribution is 2.22. The lowest BCUT2D eigenvalue weighted by atomic mass is 10.1. The summed E-state index contributed by atoms with van der Waals surface area (Å²) in [5.41, 5.74) is 0.0789. The summed E-state index contributed by atoms with van der Waals surface area (Å²) >= 11 is 0. The number of carbonyl (C=O) groups excluding carboxylic acids is 6. The molecule has 0 saturated carbocycles. The van der Waals surface area contributed by atoms with Gasteiger partial charge in [-0.15, -0.1) is 4.99 Å². The SMILES string of the molecule is CC(C)(C)OC(=O)N=C(NC(=O)OC(C)(C)C)N1CC=C(c2cnc(NC(=O)c3ccc(C(=O)Nc4ccc(CN=C(NC(=O)OC(C)(C)C)NC(=O)OC(C)(C)C)cc4)cc3)cn2)CC1. The van der Waals surface area contributed by atoms with Crippen molar-refractivity contribution in [3.63, 3.8) is 0 Å². The normalized spacial score (nSPS) is 13.2. The van der Waals surface area contributed by atoms with Gasteiger partial charge in [0.05, 0.1) is 24.6 Å². The van der Waals surface area contributed by atoms with Crippen LogP contribution in [0.15, 0.2) is 77.0 Å². The third kappa shape index (κ3) is 18.4. The van der Waals surface area contributed by atoms with E-state index in [-0.39, 0.29) is 36.4 Å². The topological polar surface area (TPSA) is 253 Å². The van der Waals surface area contributed by atoms with Crippen LogP contribution in [-0.4, -0.2) is 98.5 Å². The molecule has 0 unspecified atom stereocenters. The van der Waals surface area contributed by atoms with Crippen LogP contribution in [0.2, 0.25) is 0 Å². The summed E-state index contributed by atoms with van der Waals surface area (Å²) in [5.74, 6) is -0.846. The smallest absolute Gasteiger partial charge is 0.437 e. The summed E-state index contributed by atoms with van der Waals surface area (Å²) in [7, 11) is 0. The summed E-state index contributed by atoms with van der Waals surface area (Å²) < 4.78 is 21.3. The molecule has 4 rings (SSSR count). The van der Waals surface area contributed by atoms with Gasteiger partial charge in [-0.25, -0.2) is 29.2 Å². The third-order valence-electron chi connectivity index (χ3n) is 8.21. The van der Waals surface area contributed by atoms with E-state index in [4.69, 9.17) is 18.9 Å². The van der Waals surface area contributed by atoms with Crippen LogP contribution in [0, 0.1) is 0 Å². The van der Waals surface area contributed by atoms with Gasteiger partial charge in [0.2, 0.25) is 11.9 Å². The van der Waals surface area contributed by atoms with Gasteiger partial charge in [-0.05, 0) is 137 Å². The highest BCUT2D eigenvalue weighted by Gasteiger charge is 2.26. The molecule has 2 heterocycles. The first kappa shape index (κ1) is 51.3. The number of anilines is 2. The molecule has 0 fully saturated rings. The number of carbonyl (C=O) groups is 6. The van der Waals surface area contributed by atoms with Crippen molar-refractivity contribution in [1.82, 2.24) is 30.8 Å². The van der Waals surface area contributed by atoms with E-state index < -0.39 is 58.6 Å². The number of rotatable bonds is 7. The summed E-state index contributed by atoms with van der Waals surface area (Å²) in [6, 6.07) is 12.8. The molecule has 0 saturated heterocycles. The molecule has 5 N–H and O–H groups in total.